The van der Waals surface area contributed by atoms with Crippen LogP contribution in [0.15, 0.2) is 36.4 Å². The van der Waals surface area contributed by atoms with Gasteiger partial charge in [0.1, 0.15) is 5.75 Å². The molecule has 25 heavy (non-hydrogen) atoms. The Labute approximate surface area is 151 Å². The molecule has 2 atom stereocenters. The first-order valence-corrected chi connectivity index (χ1v) is 8.93. The summed E-state index contributed by atoms with van der Waals surface area (Å²) < 4.78 is 5.98. The van der Waals surface area contributed by atoms with Gasteiger partial charge in [-0.3, -0.25) is 4.79 Å². The van der Waals surface area contributed by atoms with E-state index < -0.39 is 6.10 Å². The molecular weight excluding hydrogens is 310 g/mol. The molecule has 0 aliphatic carbocycles. The zero-order chi connectivity index (χ0) is 18.6. The molecule has 134 valence electrons. The molecule has 0 fully saturated rings. The van der Waals surface area contributed by atoms with Gasteiger partial charge in [-0.25, -0.2) is 0 Å². The zero-order valence-corrected chi connectivity index (χ0v) is 16.1. The molecule has 0 radical (unpaired) electrons. The third kappa shape index (κ3) is 4.85. The minimum absolute atomic E-state index is 0.0523. The Morgan fingerprint density at radius 1 is 1.00 bits per heavy atom. The van der Waals surface area contributed by atoms with E-state index in [1.807, 2.05) is 39.8 Å². The molecule has 0 heterocycles. The molecule has 1 N–H and O–H groups in total. The smallest absolute Gasteiger partial charge is 0.261 e. The van der Waals surface area contributed by atoms with Crippen molar-refractivity contribution >= 4 is 5.91 Å². The summed E-state index contributed by atoms with van der Waals surface area (Å²) in [5.41, 5.74) is 5.83. The van der Waals surface area contributed by atoms with Crippen LogP contribution in [0.1, 0.15) is 54.1 Å². The molecule has 0 unspecified atom stereocenters. The van der Waals surface area contributed by atoms with Crippen molar-refractivity contribution < 1.29 is 9.53 Å². The van der Waals surface area contributed by atoms with E-state index in [4.69, 9.17) is 4.74 Å². The number of rotatable bonds is 6. The van der Waals surface area contributed by atoms with Crippen LogP contribution in [0.5, 0.6) is 5.75 Å². The molecule has 0 saturated heterocycles. The monoisotopic (exact) mass is 339 g/mol. The topological polar surface area (TPSA) is 38.3 Å². The van der Waals surface area contributed by atoms with Crippen LogP contribution in [0.25, 0.3) is 0 Å². The summed E-state index contributed by atoms with van der Waals surface area (Å²) in [6.45, 7) is 12.2. The molecule has 0 aliphatic heterocycles. The lowest BCUT2D eigenvalue weighted by molar-refractivity contribution is -0.128. The second-order valence-electron chi connectivity index (χ2n) is 6.86. The van der Waals surface area contributed by atoms with Gasteiger partial charge in [-0.05, 0) is 69.4 Å². The summed E-state index contributed by atoms with van der Waals surface area (Å²) in [4.78, 5) is 12.7. The van der Waals surface area contributed by atoms with Gasteiger partial charge in [0, 0.05) is 0 Å². The molecule has 0 bridgehead atoms. The van der Waals surface area contributed by atoms with Crippen LogP contribution in [0.2, 0.25) is 0 Å². The lowest BCUT2D eigenvalue weighted by Gasteiger charge is -2.22. The lowest BCUT2D eigenvalue weighted by atomic mass is 10.0. The molecule has 2 aromatic carbocycles. The molecule has 3 nitrogen and oxygen atoms in total. The zero-order valence-electron chi connectivity index (χ0n) is 16.1. The summed E-state index contributed by atoms with van der Waals surface area (Å²) in [5.74, 6) is 0.694. The quantitative estimate of drug-likeness (QED) is 0.808. The molecule has 2 aromatic rings. The van der Waals surface area contributed by atoms with Crippen molar-refractivity contribution in [1.29, 1.82) is 0 Å². The summed E-state index contributed by atoms with van der Waals surface area (Å²) in [5, 5.41) is 3.08. The number of hydrogen-bond donors (Lipinski definition) is 1. The van der Waals surface area contributed by atoms with Gasteiger partial charge in [0.2, 0.25) is 0 Å². The number of hydrogen-bond acceptors (Lipinski definition) is 2. The van der Waals surface area contributed by atoms with E-state index in [1.165, 1.54) is 16.7 Å². The SMILES string of the molecule is CC[C@H](Oc1ccc(C)cc1C)C(=O)N[C@H](C)c1ccc(C)c(C)c1. The number of aryl methyl sites for hydroxylation is 4. The highest BCUT2D eigenvalue weighted by Gasteiger charge is 2.21. The maximum Gasteiger partial charge on any atom is 0.261 e. The highest BCUT2D eigenvalue weighted by atomic mass is 16.5. The van der Waals surface area contributed by atoms with Gasteiger partial charge in [-0.2, -0.15) is 0 Å². The van der Waals surface area contributed by atoms with Crippen molar-refractivity contribution in [3.8, 4) is 5.75 Å². The number of carbonyl (C=O) groups is 1. The van der Waals surface area contributed by atoms with Crippen LogP contribution < -0.4 is 10.1 Å². The van der Waals surface area contributed by atoms with Crippen molar-refractivity contribution in [3.63, 3.8) is 0 Å². The Bertz CT molecular complexity index is 752. The van der Waals surface area contributed by atoms with Gasteiger partial charge in [0.05, 0.1) is 6.04 Å². The molecule has 1 amide bonds. The lowest BCUT2D eigenvalue weighted by Crippen LogP contribution is -2.39. The van der Waals surface area contributed by atoms with E-state index in [9.17, 15) is 4.79 Å². The molecule has 0 saturated carbocycles. The van der Waals surface area contributed by atoms with E-state index in [0.717, 1.165) is 16.9 Å². The summed E-state index contributed by atoms with van der Waals surface area (Å²) in [7, 11) is 0. The van der Waals surface area contributed by atoms with E-state index in [-0.39, 0.29) is 11.9 Å². The summed E-state index contributed by atoms with van der Waals surface area (Å²) in [6, 6.07) is 12.3. The van der Waals surface area contributed by atoms with Crippen LogP contribution in [0.4, 0.5) is 0 Å². The van der Waals surface area contributed by atoms with Crippen molar-refractivity contribution in [2.24, 2.45) is 0 Å². The second kappa shape index (κ2) is 8.19. The van der Waals surface area contributed by atoms with Crippen molar-refractivity contribution in [2.75, 3.05) is 0 Å². The maximum absolute atomic E-state index is 12.7. The Kier molecular flexibility index (Phi) is 6.24. The van der Waals surface area contributed by atoms with Crippen LogP contribution in [0.3, 0.4) is 0 Å². The van der Waals surface area contributed by atoms with Gasteiger partial charge in [-0.1, -0.05) is 42.8 Å². The van der Waals surface area contributed by atoms with Gasteiger partial charge in [-0.15, -0.1) is 0 Å². The Balaban J connectivity index is 2.07. The fraction of sp³-hybridized carbons (Fsp3) is 0.409. The number of ether oxygens (including phenoxy) is 1. The largest absolute Gasteiger partial charge is 0.480 e. The molecule has 2 rings (SSSR count). The summed E-state index contributed by atoms with van der Waals surface area (Å²) >= 11 is 0. The van der Waals surface area contributed by atoms with E-state index in [0.29, 0.717) is 6.42 Å². The third-order valence-corrected chi connectivity index (χ3v) is 4.65. The number of carbonyl (C=O) groups excluding carboxylic acids is 1. The van der Waals surface area contributed by atoms with Gasteiger partial charge in [0.15, 0.2) is 6.10 Å². The number of benzene rings is 2. The Morgan fingerprint density at radius 2 is 1.72 bits per heavy atom. The van der Waals surface area contributed by atoms with Gasteiger partial charge >= 0.3 is 0 Å². The minimum Gasteiger partial charge on any atom is -0.480 e. The van der Waals surface area contributed by atoms with Crippen molar-refractivity contribution in [1.82, 2.24) is 5.32 Å². The number of nitrogens with one attached hydrogen (secondary N) is 1. The fourth-order valence-electron chi connectivity index (χ4n) is 2.83. The first-order valence-electron chi connectivity index (χ1n) is 8.93. The standard InChI is InChI=1S/C22H29NO2/c1-7-20(25-21-11-8-14(2)12-17(21)5)22(24)23-18(6)19-10-9-15(3)16(4)13-19/h8-13,18,20H,7H2,1-6H3,(H,23,24)/t18-,20+/m1/s1. The maximum atomic E-state index is 12.7. The van der Waals surface area contributed by atoms with E-state index in [2.05, 4.69) is 43.4 Å². The fourth-order valence-corrected chi connectivity index (χ4v) is 2.83. The minimum atomic E-state index is -0.490. The molecule has 0 aliphatic rings. The van der Waals surface area contributed by atoms with Gasteiger partial charge in [0.25, 0.3) is 5.91 Å². The van der Waals surface area contributed by atoms with Crippen LogP contribution in [-0.2, 0) is 4.79 Å². The third-order valence-electron chi connectivity index (χ3n) is 4.65. The Hall–Kier alpha value is -2.29. The van der Waals surface area contributed by atoms with Crippen LogP contribution in [-0.4, -0.2) is 12.0 Å². The van der Waals surface area contributed by atoms with E-state index >= 15 is 0 Å². The molecule has 0 aromatic heterocycles. The predicted octanol–water partition coefficient (Wildman–Crippen LogP) is 4.96. The van der Waals surface area contributed by atoms with Crippen LogP contribution >= 0.6 is 0 Å². The normalized spacial score (nSPS) is 13.2. The van der Waals surface area contributed by atoms with Crippen molar-refractivity contribution in [3.05, 3.63) is 64.2 Å². The average molecular weight is 339 g/mol. The van der Waals surface area contributed by atoms with Crippen molar-refractivity contribution in [2.45, 2.75) is 60.1 Å². The Morgan fingerprint density at radius 3 is 2.32 bits per heavy atom. The predicted molar refractivity (Wildman–Crippen MR) is 103 cm³/mol. The van der Waals surface area contributed by atoms with Gasteiger partial charge < -0.3 is 10.1 Å². The van der Waals surface area contributed by atoms with E-state index in [1.54, 1.807) is 0 Å². The summed E-state index contributed by atoms with van der Waals surface area (Å²) in [6.07, 6.45) is 0.133. The highest BCUT2D eigenvalue weighted by molar-refractivity contribution is 5.81. The highest BCUT2D eigenvalue weighted by Crippen LogP contribution is 2.22. The first kappa shape index (κ1) is 19.0. The van der Waals surface area contributed by atoms with Crippen LogP contribution in [0, 0.1) is 27.7 Å². The molecule has 0 spiro atoms. The molecule has 3 heteroatoms. The average Bonchev–Trinajstić information content (AvgIpc) is 2.56. The number of amides is 1. The first-order chi connectivity index (χ1) is 11.8. The molecular formula is C22H29NO2. The second-order valence-corrected chi connectivity index (χ2v) is 6.86.